The molecule has 2 atom stereocenters. The Kier molecular flexibility index (Phi) is 5.49. The van der Waals surface area contributed by atoms with Crippen molar-refractivity contribution < 1.29 is 22.3 Å². The van der Waals surface area contributed by atoms with Gasteiger partial charge in [0.05, 0.1) is 14.2 Å². The zero-order valence-corrected chi connectivity index (χ0v) is 14.6. The predicted octanol–water partition coefficient (Wildman–Crippen LogP) is 1.46. The van der Waals surface area contributed by atoms with Gasteiger partial charge < -0.3 is 14.4 Å². The first-order valence-corrected chi connectivity index (χ1v) is 8.96. The van der Waals surface area contributed by atoms with E-state index in [-0.39, 0.29) is 23.5 Å². The molecule has 0 spiro atoms. The highest BCUT2D eigenvalue weighted by molar-refractivity contribution is 7.89. The Bertz CT molecular complexity index is 666. The third-order valence-electron chi connectivity index (χ3n) is 4.17. The molecule has 0 radical (unpaired) electrons. The van der Waals surface area contributed by atoms with E-state index in [1.165, 1.54) is 14.2 Å². The molecule has 1 aliphatic heterocycles. The van der Waals surface area contributed by atoms with Crippen LogP contribution in [0.15, 0.2) is 17.0 Å². The number of hydrogen-bond donors (Lipinski definition) is 1. The number of ether oxygens (including phenoxy) is 2. The van der Waals surface area contributed by atoms with Crippen molar-refractivity contribution in [3.8, 4) is 11.5 Å². The van der Waals surface area contributed by atoms with E-state index in [9.17, 15) is 12.8 Å². The second-order valence-electron chi connectivity index (χ2n) is 5.69. The molecule has 130 valence electrons. The third kappa shape index (κ3) is 3.76. The van der Waals surface area contributed by atoms with Crippen LogP contribution in [-0.4, -0.2) is 53.2 Å². The number of methoxy groups -OCH3 is 2. The molecular weight excluding hydrogens is 323 g/mol. The standard InChI is InChI=1S/C15H23FN2O4S/c1-5-18-8-10(2)12(9-18)17-23(19,20)15-7-14(22-4)13(21-3)6-11(15)16/h6-7,10,12,17H,5,8-9H2,1-4H3/t10-,12-/m1/s1. The third-order valence-corrected chi connectivity index (χ3v) is 5.67. The first-order chi connectivity index (χ1) is 10.8. The highest BCUT2D eigenvalue weighted by Gasteiger charge is 2.33. The Labute approximate surface area is 136 Å². The molecule has 23 heavy (non-hydrogen) atoms. The van der Waals surface area contributed by atoms with Gasteiger partial charge in [-0.15, -0.1) is 0 Å². The zero-order chi connectivity index (χ0) is 17.2. The molecule has 1 heterocycles. The van der Waals surface area contributed by atoms with Crippen LogP contribution in [0, 0.1) is 11.7 Å². The highest BCUT2D eigenvalue weighted by atomic mass is 32.2. The van der Waals surface area contributed by atoms with Crippen LogP contribution in [-0.2, 0) is 10.0 Å². The van der Waals surface area contributed by atoms with E-state index in [1.807, 2.05) is 13.8 Å². The van der Waals surface area contributed by atoms with E-state index >= 15 is 0 Å². The van der Waals surface area contributed by atoms with Crippen LogP contribution < -0.4 is 14.2 Å². The highest BCUT2D eigenvalue weighted by Crippen LogP contribution is 2.32. The fourth-order valence-corrected chi connectivity index (χ4v) is 4.19. The van der Waals surface area contributed by atoms with Gasteiger partial charge in [0.2, 0.25) is 10.0 Å². The monoisotopic (exact) mass is 346 g/mol. The Morgan fingerprint density at radius 3 is 2.39 bits per heavy atom. The second kappa shape index (κ2) is 7.02. The van der Waals surface area contributed by atoms with Crippen LogP contribution in [0.1, 0.15) is 13.8 Å². The fraction of sp³-hybridized carbons (Fsp3) is 0.600. The summed E-state index contributed by atoms with van der Waals surface area (Å²) in [5.41, 5.74) is 0. The number of nitrogens with zero attached hydrogens (tertiary/aromatic N) is 1. The SMILES string of the molecule is CCN1C[C@@H](C)[C@H](NS(=O)(=O)c2cc(OC)c(OC)cc2F)C1. The normalized spacial score (nSPS) is 22.3. The lowest BCUT2D eigenvalue weighted by atomic mass is 10.1. The number of sulfonamides is 1. The summed E-state index contributed by atoms with van der Waals surface area (Å²) >= 11 is 0. The minimum atomic E-state index is -3.98. The van der Waals surface area contributed by atoms with Crippen LogP contribution in [0.3, 0.4) is 0 Å². The van der Waals surface area contributed by atoms with Crippen LogP contribution in [0.5, 0.6) is 11.5 Å². The number of likely N-dealkylation sites (N-methyl/N-ethyl adjacent to an activating group) is 1. The van der Waals surface area contributed by atoms with Crippen molar-refractivity contribution in [2.75, 3.05) is 33.9 Å². The molecule has 6 nitrogen and oxygen atoms in total. The topological polar surface area (TPSA) is 67.9 Å². The van der Waals surface area contributed by atoms with Crippen LogP contribution in [0.4, 0.5) is 4.39 Å². The van der Waals surface area contributed by atoms with E-state index < -0.39 is 20.7 Å². The summed E-state index contributed by atoms with van der Waals surface area (Å²) in [5.74, 6) is -0.389. The molecule has 0 saturated carbocycles. The molecule has 0 aromatic heterocycles. The van der Waals surface area contributed by atoms with Crippen molar-refractivity contribution in [3.05, 3.63) is 17.9 Å². The van der Waals surface area contributed by atoms with E-state index in [4.69, 9.17) is 9.47 Å². The van der Waals surface area contributed by atoms with Crippen molar-refractivity contribution in [2.45, 2.75) is 24.8 Å². The maximum atomic E-state index is 14.2. The molecule has 0 amide bonds. The quantitative estimate of drug-likeness (QED) is 0.845. The lowest BCUT2D eigenvalue weighted by Gasteiger charge is -2.18. The molecule has 2 rings (SSSR count). The lowest BCUT2D eigenvalue weighted by Crippen LogP contribution is -2.40. The minimum Gasteiger partial charge on any atom is -0.493 e. The summed E-state index contributed by atoms with van der Waals surface area (Å²) in [4.78, 5) is 1.72. The van der Waals surface area contributed by atoms with Gasteiger partial charge in [0.15, 0.2) is 11.5 Å². The lowest BCUT2D eigenvalue weighted by molar-refractivity contribution is 0.344. The number of nitrogens with one attached hydrogen (secondary N) is 1. The number of rotatable bonds is 6. The maximum absolute atomic E-state index is 14.2. The van der Waals surface area contributed by atoms with Crippen LogP contribution in [0.2, 0.25) is 0 Å². The van der Waals surface area contributed by atoms with Crippen molar-refractivity contribution >= 4 is 10.0 Å². The van der Waals surface area contributed by atoms with Gasteiger partial charge in [-0.05, 0) is 12.5 Å². The molecule has 1 aliphatic rings. The molecule has 1 fully saturated rings. The van der Waals surface area contributed by atoms with Gasteiger partial charge in [-0.3, -0.25) is 0 Å². The Morgan fingerprint density at radius 1 is 1.26 bits per heavy atom. The predicted molar refractivity (Wildman–Crippen MR) is 84.9 cm³/mol. The maximum Gasteiger partial charge on any atom is 0.243 e. The Hall–Kier alpha value is -1.38. The molecular formula is C15H23FN2O4S. The summed E-state index contributed by atoms with van der Waals surface area (Å²) in [6, 6.07) is 1.92. The summed E-state index contributed by atoms with van der Waals surface area (Å²) in [7, 11) is -1.25. The molecule has 8 heteroatoms. The number of likely N-dealkylation sites (tertiary alicyclic amines) is 1. The molecule has 1 aromatic rings. The van der Waals surface area contributed by atoms with Crippen molar-refractivity contribution in [1.29, 1.82) is 0 Å². The smallest absolute Gasteiger partial charge is 0.243 e. The second-order valence-corrected chi connectivity index (χ2v) is 7.38. The molecule has 1 aromatic carbocycles. The molecule has 0 bridgehead atoms. The molecule has 1 N–H and O–H groups in total. The number of benzene rings is 1. The number of halogens is 1. The van der Waals surface area contributed by atoms with Crippen molar-refractivity contribution in [1.82, 2.24) is 9.62 Å². The summed E-state index contributed by atoms with van der Waals surface area (Å²) in [6.45, 7) is 6.29. The van der Waals surface area contributed by atoms with Crippen molar-refractivity contribution in [2.24, 2.45) is 5.92 Å². The summed E-state index contributed by atoms with van der Waals surface area (Å²) in [5, 5.41) is 0. The largest absolute Gasteiger partial charge is 0.493 e. The molecule has 1 saturated heterocycles. The van der Waals surface area contributed by atoms with Gasteiger partial charge in [-0.1, -0.05) is 13.8 Å². The van der Waals surface area contributed by atoms with E-state index in [2.05, 4.69) is 9.62 Å². The summed E-state index contributed by atoms with van der Waals surface area (Å²) in [6.07, 6.45) is 0. The average molecular weight is 346 g/mol. The van der Waals surface area contributed by atoms with Gasteiger partial charge in [-0.2, -0.15) is 0 Å². The minimum absolute atomic E-state index is 0.148. The van der Waals surface area contributed by atoms with Gasteiger partial charge >= 0.3 is 0 Å². The summed E-state index contributed by atoms with van der Waals surface area (Å²) < 4.78 is 51.9. The number of hydrogen-bond acceptors (Lipinski definition) is 5. The average Bonchev–Trinajstić information content (AvgIpc) is 2.86. The van der Waals surface area contributed by atoms with Gasteiger partial charge in [0, 0.05) is 31.3 Å². The van der Waals surface area contributed by atoms with Gasteiger partial charge in [-0.25, -0.2) is 17.5 Å². The van der Waals surface area contributed by atoms with Crippen LogP contribution >= 0.6 is 0 Å². The van der Waals surface area contributed by atoms with Crippen molar-refractivity contribution in [3.63, 3.8) is 0 Å². The zero-order valence-electron chi connectivity index (χ0n) is 13.8. The Balaban J connectivity index is 2.29. The van der Waals surface area contributed by atoms with E-state index in [1.54, 1.807) is 0 Å². The first kappa shape index (κ1) is 18.0. The fourth-order valence-electron chi connectivity index (χ4n) is 2.78. The first-order valence-electron chi connectivity index (χ1n) is 7.48. The van der Waals surface area contributed by atoms with E-state index in [0.717, 1.165) is 25.2 Å². The van der Waals surface area contributed by atoms with Gasteiger partial charge in [0.1, 0.15) is 10.7 Å². The van der Waals surface area contributed by atoms with E-state index in [0.29, 0.717) is 6.54 Å². The Morgan fingerprint density at radius 2 is 1.87 bits per heavy atom. The van der Waals surface area contributed by atoms with Crippen LogP contribution in [0.25, 0.3) is 0 Å². The van der Waals surface area contributed by atoms with Gasteiger partial charge in [0.25, 0.3) is 0 Å². The molecule has 0 aliphatic carbocycles. The molecule has 0 unspecified atom stereocenters.